The smallest absolute Gasteiger partial charge is 0.307 e. The molecule has 0 bridgehead atoms. The number of hydrogen-bond donors (Lipinski definition) is 3. The van der Waals surface area contributed by atoms with Gasteiger partial charge in [-0.25, -0.2) is 4.39 Å². The molecule has 0 saturated heterocycles. The number of thioether (sulfide) groups is 1. The lowest BCUT2D eigenvalue weighted by atomic mass is 10.1. The Labute approximate surface area is 174 Å². The Kier molecular flexibility index (Phi) is 8.30. The van der Waals surface area contributed by atoms with Gasteiger partial charge in [0.15, 0.2) is 0 Å². The van der Waals surface area contributed by atoms with Crippen LogP contribution in [0, 0.1) is 5.82 Å². The molecule has 3 N–H and O–H groups in total. The predicted octanol–water partition coefficient (Wildman–Crippen LogP) is 5.91. The number of halogens is 1. The van der Waals surface area contributed by atoms with Crippen LogP contribution in [0.5, 0.6) is 0 Å². The fraction of sp³-hybridized carbons (Fsp3) is 0.227. The van der Waals surface area contributed by atoms with E-state index in [1.54, 1.807) is 42.5 Å². The van der Waals surface area contributed by atoms with E-state index in [1.165, 1.54) is 23.9 Å². The van der Waals surface area contributed by atoms with Crippen molar-refractivity contribution in [3.05, 3.63) is 82.2 Å². The second kappa shape index (κ2) is 10.7. The summed E-state index contributed by atoms with van der Waals surface area (Å²) in [6.45, 7) is 5.87. The molecule has 0 unspecified atom stereocenters. The molecule has 0 heterocycles. The maximum atomic E-state index is 13.3. The highest BCUT2D eigenvalue weighted by atomic mass is 32.2. The summed E-state index contributed by atoms with van der Waals surface area (Å²) in [6.07, 6.45) is 2.53. The minimum Gasteiger partial charge on any atom is -0.481 e. The van der Waals surface area contributed by atoms with Gasteiger partial charge in [-0.05, 0) is 55.7 Å². The van der Waals surface area contributed by atoms with Gasteiger partial charge in [0.05, 0.1) is 12.1 Å². The molecule has 2 aromatic rings. The van der Waals surface area contributed by atoms with E-state index in [2.05, 4.69) is 5.43 Å². The zero-order valence-corrected chi connectivity index (χ0v) is 17.5. The van der Waals surface area contributed by atoms with Gasteiger partial charge in [0.1, 0.15) is 10.8 Å². The van der Waals surface area contributed by atoms with Gasteiger partial charge in [-0.15, -0.1) is 0 Å². The summed E-state index contributed by atoms with van der Waals surface area (Å²) >= 11 is 1.37. The lowest BCUT2D eigenvalue weighted by Gasteiger charge is -2.23. The average Bonchev–Trinajstić information content (AvgIpc) is 2.70. The van der Waals surface area contributed by atoms with Gasteiger partial charge in [-0.3, -0.25) is 15.4 Å². The summed E-state index contributed by atoms with van der Waals surface area (Å²) in [4.78, 5) is 11.7. The van der Waals surface area contributed by atoms with Crippen LogP contribution in [-0.4, -0.2) is 21.5 Å². The first-order chi connectivity index (χ1) is 13.8. The lowest BCUT2D eigenvalue weighted by molar-refractivity contribution is -0.136. The van der Waals surface area contributed by atoms with Crippen LogP contribution < -0.4 is 5.43 Å². The molecule has 0 aliphatic rings. The molecule has 0 radical (unpaired) electrons. The van der Waals surface area contributed by atoms with Crippen molar-refractivity contribution in [2.24, 2.45) is 0 Å². The van der Waals surface area contributed by atoms with Gasteiger partial charge in [-0.2, -0.15) is 5.17 Å². The highest BCUT2D eigenvalue weighted by Gasteiger charge is 2.14. The molecule has 0 aromatic heterocycles. The number of aliphatic carboxylic acids is 1. The third-order valence-corrected chi connectivity index (χ3v) is 5.64. The number of hydroxylamine groups is 1. The molecule has 0 atom stereocenters. The summed E-state index contributed by atoms with van der Waals surface area (Å²) in [6, 6.07) is 13.1. The Hall–Kier alpha value is -2.77. The molecule has 0 fully saturated rings. The lowest BCUT2D eigenvalue weighted by Crippen LogP contribution is -2.24. The SMILES string of the molecule is C/C=C(\SC(=C(C)CC)c1ccc(F)cc1)N(O)Nc1ccc(CC(=O)O)cc1. The summed E-state index contributed by atoms with van der Waals surface area (Å²) in [5.41, 5.74) is 6.15. The van der Waals surface area contributed by atoms with Crippen molar-refractivity contribution >= 4 is 28.3 Å². The van der Waals surface area contributed by atoms with Crippen molar-refractivity contribution in [3.63, 3.8) is 0 Å². The quantitative estimate of drug-likeness (QED) is 0.442. The van der Waals surface area contributed by atoms with E-state index >= 15 is 0 Å². The van der Waals surface area contributed by atoms with Crippen LogP contribution in [-0.2, 0) is 11.2 Å². The number of carboxylic acid groups (broad SMARTS) is 1. The van der Waals surface area contributed by atoms with Crippen molar-refractivity contribution in [3.8, 4) is 0 Å². The summed E-state index contributed by atoms with van der Waals surface area (Å²) < 4.78 is 13.3. The van der Waals surface area contributed by atoms with E-state index in [4.69, 9.17) is 5.11 Å². The molecule has 7 heteroatoms. The maximum Gasteiger partial charge on any atom is 0.307 e. The van der Waals surface area contributed by atoms with Crippen molar-refractivity contribution in [1.29, 1.82) is 0 Å². The van der Waals surface area contributed by atoms with Crippen LogP contribution >= 0.6 is 11.8 Å². The molecule has 5 nitrogen and oxygen atoms in total. The van der Waals surface area contributed by atoms with E-state index in [0.29, 0.717) is 16.3 Å². The molecule has 0 saturated carbocycles. The van der Waals surface area contributed by atoms with Crippen LogP contribution in [0.15, 0.2) is 65.2 Å². The molecular formula is C22H25FN2O3S. The Morgan fingerprint density at radius 2 is 1.79 bits per heavy atom. The number of carbonyl (C=O) groups is 1. The van der Waals surface area contributed by atoms with Crippen molar-refractivity contribution in [2.75, 3.05) is 5.43 Å². The number of nitrogens with zero attached hydrogens (tertiary/aromatic N) is 1. The Morgan fingerprint density at radius 1 is 1.17 bits per heavy atom. The molecule has 29 heavy (non-hydrogen) atoms. The van der Waals surface area contributed by atoms with Crippen LogP contribution in [0.25, 0.3) is 4.91 Å². The highest BCUT2D eigenvalue weighted by Crippen LogP contribution is 2.38. The summed E-state index contributed by atoms with van der Waals surface area (Å²) in [5.74, 6) is -1.19. The van der Waals surface area contributed by atoms with Crippen molar-refractivity contribution in [1.82, 2.24) is 5.17 Å². The van der Waals surface area contributed by atoms with Gasteiger partial charge in [-0.1, -0.05) is 54.6 Å². The standard InChI is InChI=1S/C22H25FN2O3S/c1-4-15(3)22(17-8-10-18(23)11-9-17)29-20(5-2)25(28)24-19-12-6-16(7-13-19)14-21(26)27/h5-13,24,28H,4,14H2,1-3H3,(H,26,27)/b20-5-,22-15?. The van der Waals surface area contributed by atoms with Crippen LogP contribution in [0.3, 0.4) is 0 Å². The Balaban J connectivity index is 2.16. The molecular weight excluding hydrogens is 391 g/mol. The first-order valence-electron chi connectivity index (χ1n) is 9.20. The minimum absolute atomic E-state index is 0.0544. The first kappa shape index (κ1) is 22.5. The van der Waals surface area contributed by atoms with E-state index in [1.807, 2.05) is 20.8 Å². The second-order valence-electron chi connectivity index (χ2n) is 6.39. The maximum absolute atomic E-state index is 13.3. The van der Waals surface area contributed by atoms with Crippen molar-refractivity contribution in [2.45, 2.75) is 33.6 Å². The van der Waals surface area contributed by atoms with E-state index < -0.39 is 5.97 Å². The number of allylic oxidation sites excluding steroid dienone is 2. The Morgan fingerprint density at radius 3 is 2.31 bits per heavy atom. The third kappa shape index (κ3) is 6.66. The number of benzene rings is 2. The van der Waals surface area contributed by atoms with Crippen LogP contribution in [0.1, 0.15) is 38.3 Å². The van der Waals surface area contributed by atoms with E-state index in [9.17, 15) is 14.4 Å². The summed E-state index contributed by atoms with van der Waals surface area (Å²) in [7, 11) is 0. The van der Waals surface area contributed by atoms with Gasteiger partial charge in [0, 0.05) is 4.91 Å². The monoisotopic (exact) mass is 416 g/mol. The van der Waals surface area contributed by atoms with E-state index in [0.717, 1.165) is 27.6 Å². The van der Waals surface area contributed by atoms with Crippen molar-refractivity contribution < 1.29 is 19.5 Å². The van der Waals surface area contributed by atoms with E-state index in [-0.39, 0.29) is 12.2 Å². The molecule has 0 aliphatic heterocycles. The number of anilines is 1. The topological polar surface area (TPSA) is 72.8 Å². The normalized spacial score (nSPS) is 12.4. The molecule has 2 aromatic carbocycles. The van der Waals surface area contributed by atoms with Gasteiger partial charge in [0.25, 0.3) is 0 Å². The second-order valence-corrected chi connectivity index (χ2v) is 7.42. The first-order valence-corrected chi connectivity index (χ1v) is 10.0. The summed E-state index contributed by atoms with van der Waals surface area (Å²) in [5, 5.41) is 20.8. The van der Waals surface area contributed by atoms with Gasteiger partial charge < -0.3 is 5.11 Å². The molecule has 0 amide bonds. The molecule has 0 spiro atoms. The number of hydrazine groups is 1. The average molecular weight is 417 g/mol. The zero-order valence-electron chi connectivity index (χ0n) is 16.6. The van der Waals surface area contributed by atoms with Gasteiger partial charge in [0.2, 0.25) is 0 Å². The third-order valence-electron chi connectivity index (χ3n) is 4.23. The van der Waals surface area contributed by atoms with Crippen LogP contribution in [0.2, 0.25) is 0 Å². The Bertz CT molecular complexity index is 893. The number of rotatable bonds is 9. The van der Waals surface area contributed by atoms with Crippen LogP contribution in [0.4, 0.5) is 10.1 Å². The minimum atomic E-state index is -0.895. The molecule has 0 aliphatic carbocycles. The fourth-order valence-corrected chi connectivity index (χ4v) is 3.56. The number of carboxylic acids is 1. The highest BCUT2D eigenvalue weighted by molar-refractivity contribution is 8.11. The fourth-order valence-electron chi connectivity index (χ4n) is 2.53. The largest absolute Gasteiger partial charge is 0.481 e. The zero-order chi connectivity index (χ0) is 21.4. The number of hydrogen-bond acceptors (Lipinski definition) is 5. The predicted molar refractivity (Wildman–Crippen MR) is 116 cm³/mol. The number of nitrogens with one attached hydrogen (secondary N) is 1. The molecule has 154 valence electrons. The van der Waals surface area contributed by atoms with Gasteiger partial charge >= 0.3 is 5.97 Å². The molecule has 2 rings (SSSR count).